The highest BCUT2D eigenvalue weighted by Gasteiger charge is 2.56. The molecule has 3 saturated carbocycles. The lowest BCUT2D eigenvalue weighted by Crippen LogP contribution is -2.63. The highest BCUT2D eigenvalue weighted by Crippen LogP contribution is 2.58. The number of hydrogen-bond acceptors (Lipinski definition) is 6. The van der Waals surface area contributed by atoms with Crippen LogP contribution in [-0.2, 0) is 11.3 Å². The van der Waals surface area contributed by atoms with Gasteiger partial charge in [-0.2, -0.15) is 5.10 Å². The fraction of sp³-hybridized carbons (Fsp3) is 0.471. The smallest absolute Gasteiger partial charge is 0.267 e. The summed E-state index contributed by atoms with van der Waals surface area (Å²) in [6.45, 7) is 2.22. The topological polar surface area (TPSA) is 102 Å². The van der Waals surface area contributed by atoms with E-state index < -0.39 is 0 Å². The number of likely N-dealkylation sites (N-methyl/N-ethyl adjacent to an activating group) is 1. The molecule has 0 radical (unpaired) electrons. The third-order valence-electron chi connectivity index (χ3n) is 4.89. The van der Waals surface area contributed by atoms with E-state index in [9.17, 15) is 9.59 Å². The van der Waals surface area contributed by atoms with Gasteiger partial charge in [-0.3, -0.25) is 9.59 Å². The number of amides is 1. The van der Waals surface area contributed by atoms with Crippen LogP contribution in [0.1, 0.15) is 26.2 Å². The summed E-state index contributed by atoms with van der Waals surface area (Å²) in [6, 6.07) is 6.68. The van der Waals surface area contributed by atoms with Crippen LogP contribution in [0.5, 0.6) is 0 Å². The second-order valence-electron chi connectivity index (χ2n) is 6.86. The SMILES string of the molecule is CCNC(=O)Cn1nc(-c2ccc(NC34CC(C3)C4)nn2)ccc1=O. The Balaban J connectivity index is 1.50. The Kier molecular flexibility index (Phi) is 3.74. The molecule has 5 rings (SSSR count). The number of nitrogens with zero attached hydrogens (tertiary/aromatic N) is 4. The van der Waals surface area contributed by atoms with Gasteiger partial charge in [0, 0.05) is 18.2 Å². The molecule has 2 bridgehead atoms. The zero-order chi connectivity index (χ0) is 17.4. The first-order valence-corrected chi connectivity index (χ1v) is 8.54. The highest BCUT2D eigenvalue weighted by atomic mass is 16.2. The first-order valence-electron chi connectivity index (χ1n) is 8.54. The van der Waals surface area contributed by atoms with Crippen molar-refractivity contribution in [1.82, 2.24) is 25.3 Å². The predicted octanol–water partition coefficient (Wildman–Crippen LogP) is 0.801. The molecule has 3 aliphatic carbocycles. The Hall–Kier alpha value is -2.77. The first-order chi connectivity index (χ1) is 12.1. The Bertz CT molecular complexity index is 843. The molecule has 0 aromatic carbocycles. The zero-order valence-corrected chi connectivity index (χ0v) is 14.0. The van der Waals surface area contributed by atoms with Gasteiger partial charge in [-0.05, 0) is 50.3 Å². The molecule has 25 heavy (non-hydrogen) atoms. The third kappa shape index (κ3) is 2.99. The van der Waals surface area contributed by atoms with Crippen LogP contribution in [-0.4, -0.2) is 38.0 Å². The van der Waals surface area contributed by atoms with Crippen LogP contribution in [0.25, 0.3) is 11.4 Å². The summed E-state index contributed by atoms with van der Waals surface area (Å²) in [5.41, 5.74) is 0.991. The quantitative estimate of drug-likeness (QED) is 0.806. The number of anilines is 1. The lowest BCUT2D eigenvalue weighted by molar-refractivity contribution is -0.121. The van der Waals surface area contributed by atoms with Crippen LogP contribution in [0.3, 0.4) is 0 Å². The molecule has 8 heteroatoms. The second-order valence-corrected chi connectivity index (χ2v) is 6.86. The molecular formula is C17H20N6O2. The fourth-order valence-corrected chi connectivity index (χ4v) is 3.53. The maximum atomic E-state index is 11.9. The number of carbonyl (C=O) groups is 1. The van der Waals surface area contributed by atoms with Crippen molar-refractivity contribution in [2.45, 2.75) is 38.3 Å². The molecule has 2 aromatic rings. The van der Waals surface area contributed by atoms with E-state index in [1.807, 2.05) is 19.1 Å². The van der Waals surface area contributed by atoms with Gasteiger partial charge < -0.3 is 10.6 Å². The van der Waals surface area contributed by atoms with Gasteiger partial charge in [0.05, 0.1) is 0 Å². The molecule has 0 atom stereocenters. The van der Waals surface area contributed by atoms with Crippen molar-refractivity contribution in [2.75, 3.05) is 11.9 Å². The molecule has 2 N–H and O–H groups in total. The molecule has 130 valence electrons. The number of hydrogen-bond donors (Lipinski definition) is 2. The minimum atomic E-state index is -0.329. The van der Waals surface area contributed by atoms with Gasteiger partial charge in [-0.25, -0.2) is 4.68 Å². The van der Waals surface area contributed by atoms with E-state index in [1.54, 1.807) is 6.07 Å². The zero-order valence-electron chi connectivity index (χ0n) is 14.0. The molecular weight excluding hydrogens is 320 g/mol. The van der Waals surface area contributed by atoms with E-state index in [-0.39, 0.29) is 23.6 Å². The summed E-state index contributed by atoms with van der Waals surface area (Å²) in [7, 11) is 0. The summed E-state index contributed by atoms with van der Waals surface area (Å²) in [5.74, 6) is 1.41. The van der Waals surface area contributed by atoms with Crippen molar-refractivity contribution in [1.29, 1.82) is 0 Å². The number of aromatic nitrogens is 4. The molecule has 2 aromatic heterocycles. The van der Waals surface area contributed by atoms with Crippen LogP contribution < -0.4 is 16.2 Å². The Morgan fingerprint density at radius 2 is 1.96 bits per heavy atom. The fourth-order valence-electron chi connectivity index (χ4n) is 3.53. The summed E-state index contributed by atoms with van der Waals surface area (Å²) in [6.07, 6.45) is 3.67. The van der Waals surface area contributed by atoms with Gasteiger partial charge >= 0.3 is 0 Å². The van der Waals surface area contributed by atoms with E-state index in [2.05, 4.69) is 25.9 Å². The van der Waals surface area contributed by atoms with Crippen molar-refractivity contribution in [2.24, 2.45) is 5.92 Å². The lowest BCUT2D eigenvalue weighted by atomic mass is 9.50. The first kappa shape index (κ1) is 15.7. The van der Waals surface area contributed by atoms with E-state index in [0.29, 0.717) is 17.9 Å². The summed E-state index contributed by atoms with van der Waals surface area (Å²) < 4.78 is 1.13. The highest BCUT2D eigenvalue weighted by molar-refractivity contribution is 5.75. The summed E-state index contributed by atoms with van der Waals surface area (Å²) in [5, 5.41) is 18.8. The summed E-state index contributed by atoms with van der Waals surface area (Å²) in [4.78, 5) is 23.6. The molecule has 0 aliphatic heterocycles. The average molecular weight is 340 g/mol. The van der Waals surface area contributed by atoms with Crippen molar-refractivity contribution >= 4 is 11.7 Å². The van der Waals surface area contributed by atoms with Crippen LogP contribution in [0, 0.1) is 5.92 Å². The number of carbonyl (C=O) groups excluding carboxylic acids is 1. The average Bonchev–Trinajstić information content (AvgIpc) is 2.53. The van der Waals surface area contributed by atoms with E-state index >= 15 is 0 Å². The van der Waals surface area contributed by atoms with E-state index in [0.717, 1.165) is 16.4 Å². The molecule has 3 aliphatic rings. The number of nitrogens with one attached hydrogen (secondary N) is 2. The van der Waals surface area contributed by atoms with Crippen LogP contribution >= 0.6 is 0 Å². The predicted molar refractivity (Wildman–Crippen MR) is 91.9 cm³/mol. The van der Waals surface area contributed by atoms with Gasteiger partial charge in [0.25, 0.3) is 5.56 Å². The minimum Gasteiger partial charge on any atom is -0.363 e. The summed E-state index contributed by atoms with van der Waals surface area (Å²) >= 11 is 0. The van der Waals surface area contributed by atoms with E-state index in [1.165, 1.54) is 25.3 Å². The molecule has 0 spiro atoms. The molecule has 3 fully saturated rings. The molecule has 0 saturated heterocycles. The number of rotatable bonds is 6. The minimum absolute atomic E-state index is 0.114. The van der Waals surface area contributed by atoms with Crippen molar-refractivity contribution in [3.05, 3.63) is 34.6 Å². The van der Waals surface area contributed by atoms with Gasteiger partial charge in [-0.1, -0.05) is 0 Å². The molecule has 1 amide bonds. The van der Waals surface area contributed by atoms with E-state index in [4.69, 9.17) is 0 Å². The van der Waals surface area contributed by atoms with Crippen molar-refractivity contribution < 1.29 is 4.79 Å². The standard InChI is InChI=1S/C17H20N6O2/c1-2-18-15(24)10-23-16(25)6-4-13(22-23)12-3-5-14(21-20-12)19-17-7-11(8-17)9-17/h3-6,11H,2,7-10H2,1H3,(H,18,24)(H,19,21). The van der Waals surface area contributed by atoms with Crippen molar-refractivity contribution in [3.63, 3.8) is 0 Å². The maximum Gasteiger partial charge on any atom is 0.267 e. The second kappa shape index (κ2) is 5.94. The Morgan fingerprint density at radius 1 is 1.20 bits per heavy atom. The lowest BCUT2D eigenvalue weighted by Gasteiger charge is -2.62. The van der Waals surface area contributed by atoms with Crippen LogP contribution in [0.4, 0.5) is 5.82 Å². The Labute approximate surface area is 144 Å². The third-order valence-corrected chi connectivity index (χ3v) is 4.89. The molecule has 2 heterocycles. The van der Waals surface area contributed by atoms with Crippen LogP contribution in [0.2, 0.25) is 0 Å². The monoisotopic (exact) mass is 340 g/mol. The normalized spacial score (nSPS) is 23.3. The molecule has 0 unspecified atom stereocenters. The van der Waals surface area contributed by atoms with Gasteiger partial charge in [0.2, 0.25) is 5.91 Å². The van der Waals surface area contributed by atoms with Gasteiger partial charge in [0.1, 0.15) is 23.8 Å². The molecule has 8 nitrogen and oxygen atoms in total. The van der Waals surface area contributed by atoms with Crippen molar-refractivity contribution in [3.8, 4) is 11.4 Å². The van der Waals surface area contributed by atoms with Gasteiger partial charge in [-0.15, -0.1) is 10.2 Å². The van der Waals surface area contributed by atoms with Crippen LogP contribution in [0.15, 0.2) is 29.1 Å². The Morgan fingerprint density at radius 3 is 2.56 bits per heavy atom. The largest absolute Gasteiger partial charge is 0.363 e. The van der Waals surface area contributed by atoms with Gasteiger partial charge in [0.15, 0.2) is 0 Å². The maximum absolute atomic E-state index is 11.9.